The first-order chi connectivity index (χ1) is 13.0. The SMILES string of the molecule is CCOC(=O)c1ccc(NC(=O)c2c(-c3ccccc3Cl)noc2C)cc1. The number of carbonyl (C=O) groups excluding carboxylic acids is 2. The molecule has 27 heavy (non-hydrogen) atoms. The van der Waals surface area contributed by atoms with Crippen LogP contribution in [0.5, 0.6) is 0 Å². The van der Waals surface area contributed by atoms with Gasteiger partial charge in [-0.2, -0.15) is 0 Å². The van der Waals surface area contributed by atoms with Crippen LogP contribution in [0.1, 0.15) is 33.4 Å². The second-order valence-corrected chi connectivity index (χ2v) is 6.10. The topological polar surface area (TPSA) is 81.4 Å². The molecule has 0 radical (unpaired) electrons. The van der Waals surface area contributed by atoms with Gasteiger partial charge in [0, 0.05) is 11.3 Å². The van der Waals surface area contributed by atoms with Crippen molar-refractivity contribution in [2.24, 2.45) is 0 Å². The van der Waals surface area contributed by atoms with Gasteiger partial charge in [-0.3, -0.25) is 4.79 Å². The number of carbonyl (C=O) groups is 2. The minimum absolute atomic E-state index is 0.301. The standard InChI is InChI=1S/C20H17ClN2O4/c1-3-26-20(25)13-8-10-14(11-9-13)22-19(24)17-12(2)27-23-18(17)15-6-4-5-7-16(15)21/h4-11H,3H2,1-2H3,(H,22,24). The fourth-order valence-corrected chi connectivity index (χ4v) is 2.80. The molecule has 3 rings (SSSR count). The summed E-state index contributed by atoms with van der Waals surface area (Å²) in [5, 5.41) is 7.24. The van der Waals surface area contributed by atoms with Crippen molar-refractivity contribution in [2.45, 2.75) is 13.8 Å². The summed E-state index contributed by atoms with van der Waals surface area (Å²) in [6.45, 7) is 3.70. The first kappa shape index (κ1) is 18.7. The molecule has 1 heterocycles. The van der Waals surface area contributed by atoms with Crippen LogP contribution in [0, 0.1) is 6.92 Å². The third kappa shape index (κ3) is 4.01. The highest BCUT2D eigenvalue weighted by molar-refractivity contribution is 6.33. The molecule has 0 fully saturated rings. The van der Waals surface area contributed by atoms with E-state index in [0.29, 0.717) is 45.5 Å². The highest BCUT2D eigenvalue weighted by atomic mass is 35.5. The van der Waals surface area contributed by atoms with Crippen molar-refractivity contribution >= 4 is 29.2 Å². The van der Waals surface area contributed by atoms with Gasteiger partial charge in [0.05, 0.1) is 17.2 Å². The Balaban J connectivity index is 1.84. The number of amides is 1. The second-order valence-electron chi connectivity index (χ2n) is 5.69. The van der Waals surface area contributed by atoms with Gasteiger partial charge >= 0.3 is 5.97 Å². The number of esters is 1. The molecule has 0 saturated heterocycles. The lowest BCUT2D eigenvalue weighted by atomic mass is 10.1. The Labute approximate surface area is 161 Å². The van der Waals surface area contributed by atoms with Crippen LogP contribution in [-0.4, -0.2) is 23.6 Å². The molecular formula is C20H17ClN2O4. The minimum atomic E-state index is -0.411. The van der Waals surface area contributed by atoms with E-state index in [2.05, 4.69) is 10.5 Å². The van der Waals surface area contributed by atoms with E-state index < -0.39 is 5.97 Å². The molecule has 0 aliphatic heterocycles. The lowest BCUT2D eigenvalue weighted by molar-refractivity contribution is 0.0526. The summed E-state index contributed by atoms with van der Waals surface area (Å²) in [6.07, 6.45) is 0. The Kier molecular flexibility index (Phi) is 5.57. The molecule has 1 N–H and O–H groups in total. The number of benzene rings is 2. The van der Waals surface area contributed by atoms with Crippen LogP contribution in [0.3, 0.4) is 0 Å². The summed E-state index contributed by atoms with van der Waals surface area (Å²) >= 11 is 6.22. The third-order valence-corrected chi connectivity index (χ3v) is 4.20. The van der Waals surface area contributed by atoms with Gasteiger partial charge in [-0.25, -0.2) is 4.79 Å². The number of hydrogen-bond donors (Lipinski definition) is 1. The lowest BCUT2D eigenvalue weighted by Crippen LogP contribution is -2.14. The van der Waals surface area contributed by atoms with E-state index in [9.17, 15) is 9.59 Å². The van der Waals surface area contributed by atoms with E-state index in [1.54, 1.807) is 62.4 Å². The Hall–Kier alpha value is -3.12. The van der Waals surface area contributed by atoms with E-state index in [0.717, 1.165) is 0 Å². The van der Waals surface area contributed by atoms with Crippen molar-refractivity contribution in [1.82, 2.24) is 5.16 Å². The highest BCUT2D eigenvalue weighted by Crippen LogP contribution is 2.31. The second kappa shape index (κ2) is 8.05. The van der Waals surface area contributed by atoms with Crippen LogP contribution in [0.25, 0.3) is 11.3 Å². The number of aryl methyl sites for hydroxylation is 1. The Morgan fingerprint density at radius 1 is 1.15 bits per heavy atom. The predicted octanol–water partition coefficient (Wildman–Crippen LogP) is 4.73. The molecule has 1 amide bonds. The van der Waals surface area contributed by atoms with Crippen molar-refractivity contribution < 1.29 is 18.8 Å². The van der Waals surface area contributed by atoms with E-state index in [1.807, 2.05) is 0 Å². The molecule has 0 aliphatic rings. The largest absolute Gasteiger partial charge is 0.462 e. The summed E-state index contributed by atoms with van der Waals surface area (Å²) < 4.78 is 10.2. The monoisotopic (exact) mass is 384 g/mol. The van der Waals surface area contributed by atoms with Crippen LogP contribution in [0.4, 0.5) is 5.69 Å². The van der Waals surface area contributed by atoms with Crippen molar-refractivity contribution in [3.8, 4) is 11.3 Å². The number of hydrogen-bond acceptors (Lipinski definition) is 5. The zero-order chi connectivity index (χ0) is 19.4. The normalized spacial score (nSPS) is 10.5. The maximum atomic E-state index is 12.8. The average molecular weight is 385 g/mol. The predicted molar refractivity (Wildman–Crippen MR) is 102 cm³/mol. The number of halogens is 1. The summed E-state index contributed by atoms with van der Waals surface area (Å²) in [6, 6.07) is 13.5. The molecule has 0 unspecified atom stereocenters. The molecule has 0 atom stereocenters. The van der Waals surface area contributed by atoms with Gasteiger partial charge in [0.15, 0.2) is 0 Å². The zero-order valence-electron chi connectivity index (χ0n) is 14.8. The smallest absolute Gasteiger partial charge is 0.338 e. The Bertz CT molecular complexity index is 980. The lowest BCUT2D eigenvalue weighted by Gasteiger charge is -2.07. The molecule has 0 saturated carbocycles. The minimum Gasteiger partial charge on any atom is -0.462 e. The number of ether oxygens (including phenoxy) is 1. The van der Waals surface area contributed by atoms with E-state index in [4.69, 9.17) is 20.9 Å². The van der Waals surface area contributed by atoms with E-state index in [1.165, 1.54) is 0 Å². The molecule has 7 heteroatoms. The van der Waals surface area contributed by atoms with Gasteiger partial charge in [0.1, 0.15) is 17.0 Å². The van der Waals surface area contributed by atoms with Gasteiger partial charge in [0.25, 0.3) is 5.91 Å². The van der Waals surface area contributed by atoms with Gasteiger partial charge in [-0.1, -0.05) is 35.0 Å². The maximum Gasteiger partial charge on any atom is 0.338 e. The van der Waals surface area contributed by atoms with Crippen molar-refractivity contribution in [2.75, 3.05) is 11.9 Å². The average Bonchev–Trinajstić information content (AvgIpc) is 3.04. The molecular weight excluding hydrogens is 368 g/mol. The molecule has 6 nitrogen and oxygen atoms in total. The highest BCUT2D eigenvalue weighted by Gasteiger charge is 2.23. The number of nitrogens with zero attached hydrogens (tertiary/aromatic N) is 1. The van der Waals surface area contributed by atoms with Gasteiger partial charge < -0.3 is 14.6 Å². The summed E-state index contributed by atoms with van der Waals surface area (Å²) in [7, 11) is 0. The first-order valence-corrected chi connectivity index (χ1v) is 8.68. The zero-order valence-corrected chi connectivity index (χ0v) is 15.5. The molecule has 0 spiro atoms. The third-order valence-electron chi connectivity index (χ3n) is 3.87. The van der Waals surface area contributed by atoms with Crippen molar-refractivity contribution in [3.05, 3.63) is 70.4 Å². The van der Waals surface area contributed by atoms with Gasteiger partial charge in [0.2, 0.25) is 0 Å². The summed E-state index contributed by atoms with van der Waals surface area (Å²) in [5.74, 6) is -0.413. The quantitative estimate of drug-likeness (QED) is 0.643. The molecule has 2 aromatic carbocycles. The molecule has 0 bridgehead atoms. The number of anilines is 1. The number of aromatic nitrogens is 1. The fraction of sp³-hybridized carbons (Fsp3) is 0.150. The van der Waals surface area contributed by atoms with Crippen molar-refractivity contribution in [1.29, 1.82) is 0 Å². The van der Waals surface area contributed by atoms with Crippen LogP contribution >= 0.6 is 11.6 Å². The Morgan fingerprint density at radius 3 is 2.52 bits per heavy atom. The summed E-state index contributed by atoms with van der Waals surface area (Å²) in [4.78, 5) is 24.5. The fourth-order valence-electron chi connectivity index (χ4n) is 2.57. The molecule has 0 aliphatic carbocycles. The number of nitrogens with one attached hydrogen (secondary N) is 1. The van der Waals surface area contributed by atoms with Crippen LogP contribution in [-0.2, 0) is 4.74 Å². The Morgan fingerprint density at radius 2 is 1.85 bits per heavy atom. The maximum absolute atomic E-state index is 12.8. The van der Waals surface area contributed by atoms with Gasteiger partial charge in [-0.15, -0.1) is 0 Å². The van der Waals surface area contributed by atoms with Gasteiger partial charge in [-0.05, 0) is 44.2 Å². The van der Waals surface area contributed by atoms with Crippen LogP contribution in [0.15, 0.2) is 53.1 Å². The number of rotatable bonds is 5. The van der Waals surface area contributed by atoms with Crippen LogP contribution in [0.2, 0.25) is 5.02 Å². The summed E-state index contributed by atoms with van der Waals surface area (Å²) in [5.41, 5.74) is 2.22. The molecule has 1 aromatic heterocycles. The molecule has 138 valence electrons. The van der Waals surface area contributed by atoms with Crippen molar-refractivity contribution in [3.63, 3.8) is 0 Å². The van der Waals surface area contributed by atoms with E-state index in [-0.39, 0.29) is 5.91 Å². The first-order valence-electron chi connectivity index (χ1n) is 8.31. The van der Waals surface area contributed by atoms with Crippen LogP contribution < -0.4 is 5.32 Å². The molecule has 3 aromatic rings. The van der Waals surface area contributed by atoms with E-state index >= 15 is 0 Å².